The summed E-state index contributed by atoms with van der Waals surface area (Å²) in [7, 11) is 0. The highest BCUT2D eigenvalue weighted by atomic mass is 32.2. The predicted molar refractivity (Wildman–Crippen MR) is 104 cm³/mol. The van der Waals surface area contributed by atoms with Crippen LogP contribution in [0.15, 0.2) is 36.3 Å². The van der Waals surface area contributed by atoms with Crippen LogP contribution >= 0.6 is 11.8 Å². The van der Waals surface area contributed by atoms with E-state index in [1.54, 1.807) is 34.9 Å². The molecule has 8 heteroatoms. The Balaban J connectivity index is 1.60. The van der Waals surface area contributed by atoms with Crippen LogP contribution in [-0.4, -0.2) is 31.3 Å². The Morgan fingerprint density at radius 1 is 1.33 bits per heavy atom. The van der Waals surface area contributed by atoms with Crippen LogP contribution in [0.2, 0.25) is 0 Å². The van der Waals surface area contributed by atoms with Crippen LogP contribution in [0.5, 0.6) is 0 Å². The first-order valence-corrected chi connectivity index (χ1v) is 9.80. The Morgan fingerprint density at radius 3 is 2.93 bits per heavy atom. The van der Waals surface area contributed by atoms with Crippen molar-refractivity contribution in [2.24, 2.45) is 0 Å². The monoisotopic (exact) mass is 387 g/mol. The summed E-state index contributed by atoms with van der Waals surface area (Å²) in [6.07, 6.45) is 5.17. The van der Waals surface area contributed by atoms with Gasteiger partial charge in [-0.25, -0.2) is 23.7 Å². The molecule has 1 aliphatic rings. The highest BCUT2D eigenvalue weighted by Crippen LogP contribution is 2.43. The second kappa shape index (κ2) is 7.26. The number of nitrogens with zero attached hydrogens (tertiary/aromatic N) is 4. The van der Waals surface area contributed by atoms with Crippen molar-refractivity contribution in [1.82, 2.24) is 19.5 Å². The van der Waals surface area contributed by atoms with Gasteiger partial charge in [0.2, 0.25) is 0 Å². The quantitative estimate of drug-likeness (QED) is 0.471. The lowest BCUT2D eigenvalue weighted by Crippen LogP contribution is -2.08. The second-order valence-electron chi connectivity index (χ2n) is 6.48. The van der Waals surface area contributed by atoms with E-state index in [-0.39, 0.29) is 12.0 Å². The molecule has 2 aromatic heterocycles. The summed E-state index contributed by atoms with van der Waals surface area (Å²) in [4.78, 5) is 13.6. The molecule has 0 bridgehead atoms. The summed E-state index contributed by atoms with van der Waals surface area (Å²) in [5, 5.41) is 4.09. The lowest BCUT2D eigenvalue weighted by Gasteiger charge is -2.09. The van der Waals surface area contributed by atoms with Crippen LogP contribution < -0.4 is 5.32 Å². The number of aromatic nitrogens is 4. The maximum atomic E-state index is 13.5. The van der Waals surface area contributed by atoms with Crippen molar-refractivity contribution < 1.29 is 8.78 Å². The maximum Gasteiger partial charge on any atom is 0.191 e. The third-order valence-corrected chi connectivity index (χ3v) is 5.57. The molecule has 0 spiro atoms. The maximum absolute atomic E-state index is 13.5. The zero-order valence-electron chi connectivity index (χ0n) is 14.8. The molecule has 0 aliphatic heterocycles. The number of nitrogens with one attached hydrogen (secondary N) is 1. The van der Waals surface area contributed by atoms with E-state index >= 15 is 0 Å². The molecule has 0 saturated heterocycles. The van der Waals surface area contributed by atoms with Gasteiger partial charge >= 0.3 is 0 Å². The number of anilines is 1. The average Bonchev–Trinajstić information content (AvgIpc) is 3.30. The number of thioether (sulfide) groups is 1. The molecule has 1 saturated carbocycles. The molecule has 1 aromatic carbocycles. The molecule has 1 aliphatic carbocycles. The van der Waals surface area contributed by atoms with Crippen molar-refractivity contribution in [3.63, 3.8) is 0 Å². The molecule has 1 fully saturated rings. The summed E-state index contributed by atoms with van der Waals surface area (Å²) >= 11 is 1.59. The number of halogens is 2. The Hall–Kier alpha value is -2.48. The molecular formula is C19H19F2N5S. The van der Waals surface area contributed by atoms with Gasteiger partial charge in [-0.15, -0.1) is 0 Å². The molecule has 2 atom stereocenters. The molecule has 5 nitrogen and oxygen atoms in total. The van der Waals surface area contributed by atoms with Gasteiger partial charge in [0.1, 0.15) is 6.33 Å². The number of rotatable bonds is 7. The average molecular weight is 387 g/mol. The van der Waals surface area contributed by atoms with Crippen LogP contribution in [0.3, 0.4) is 0 Å². The molecule has 0 unspecified atom stereocenters. The summed E-state index contributed by atoms with van der Waals surface area (Å²) < 4.78 is 28.4. The van der Waals surface area contributed by atoms with Gasteiger partial charge in [-0.05, 0) is 30.5 Å². The first kappa shape index (κ1) is 17.9. The van der Waals surface area contributed by atoms with Crippen molar-refractivity contribution in [3.8, 4) is 0 Å². The second-order valence-corrected chi connectivity index (χ2v) is 7.54. The minimum Gasteiger partial charge on any atom is -0.365 e. The van der Waals surface area contributed by atoms with E-state index in [4.69, 9.17) is 0 Å². The smallest absolute Gasteiger partial charge is 0.191 e. The molecule has 2 heterocycles. The van der Waals surface area contributed by atoms with Crippen molar-refractivity contribution >= 4 is 34.9 Å². The lowest BCUT2D eigenvalue weighted by molar-refractivity contribution is 0.507. The van der Waals surface area contributed by atoms with Gasteiger partial charge in [0.15, 0.2) is 33.8 Å². The fourth-order valence-electron chi connectivity index (χ4n) is 3.03. The molecule has 4 rings (SSSR count). The van der Waals surface area contributed by atoms with Gasteiger partial charge in [0.05, 0.1) is 0 Å². The van der Waals surface area contributed by atoms with E-state index in [0.717, 1.165) is 24.2 Å². The van der Waals surface area contributed by atoms with Crippen molar-refractivity contribution in [2.75, 3.05) is 11.1 Å². The highest BCUT2D eigenvalue weighted by Gasteiger charge is 2.39. The zero-order valence-corrected chi connectivity index (χ0v) is 15.6. The van der Waals surface area contributed by atoms with Gasteiger partial charge < -0.3 is 5.32 Å². The Morgan fingerprint density at radius 2 is 2.19 bits per heavy atom. The van der Waals surface area contributed by atoms with Crippen molar-refractivity contribution in [3.05, 3.63) is 48.3 Å². The minimum absolute atomic E-state index is 0.103. The summed E-state index contributed by atoms with van der Waals surface area (Å²) in [5.74, 6) is 0.0702. The van der Waals surface area contributed by atoms with Crippen LogP contribution in [0.4, 0.5) is 14.6 Å². The number of imidazole rings is 1. The van der Waals surface area contributed by atoms with Crippen LogP contribution in [-0.2, 0) is 0 Å². The minimum atomic E-state index is -0.825. The molecule has 0 radical (unpaired) electrons. The van der Waals surface area contributed by atoms with Gasteiger partial charge in [0.25, 0.3) is 0 Å². The number of benzene rings is 1. The third-order valence-electron chi connectivity index (χ3n) is 4.52. The van der Waals surface area contributed by atoms with E-state index in [1.807, 2.05) is 0 Å². The molecular weight excluding hydrogens is 368 g/mol. The number of hydrogen-bond donors (Lipinski definition) is 1. The Labute approximate surface area is 159 Å². The van der Waals surface area contributed by atoms with E-state index in [2.05, 4.69) is 33.8 Å². The summed E-state index contributed by atoms with van der Waals surface area (Å²) in [5.41, 5.74) is 2.16. The summed E-state index contributed by atoms with van der Waals surface area (Å²) in [6, 6.07) is 4.18. The first-order chi connectivity index (χ1) is 13.1. The number of hydrogen-bond acceptors (Lipinski definition) is 5. The van der Waals surface area contributed by atoms with E-state index in [9.17, 15) is 8.78 Å². The molecule has 1 N–H and O–H groups in total. The van der Waals surface area contributed by atoms with Gasteiger partial charge in [0, 0.05) is 23.9 Å². The topological polar surface area (TPSA) is 55.6 Å². The number of fused-ring (bicyclic) bond motifs is 1. The third kappa shape index (κ3) is 3.53. The summed E-state index contributed by atoms with van der Waals surface area (Å²) in [6.45, 7) is 5.89. The normalized spacial score (nSPS) is 18.6. The largest absolute Gasteiger partial charge is 0.365 e. The lowest BCUT2D eigenvalue weighted by atomic mass is 10.1. The fraction of sp³-hybridized carbons (Fsp3) is 0.316. The van der Waals surface area contributed by atoms with Gasteiger partial charge in [-0.1, -0.05) is 31.3 Å². The molecule has 3 aromatic rings. The van der Waals surface area contributed by atoms with Gasteiger partial charge in [-0.3, -0.25) is 4.57 Å². The standard InChI is InChI=1S/C19H19F2N5S/c1-3-7-27-19-24-17(16-18(25-19)26(4-2)10-22-16)23-15-9-12(15)11-5-6-13(20)14(21)8-11/h4-6,8,10,12,15H,2-3,7,9H2,1H3,(H,23,24,25)/t12-,15+/m0/s1. The van der Waals surface area contributed by atoms with Crippen LogP contribution in [0, 0.1) is 11.6 Å². The van der Waals surface area contributed by atoms with Crippen molar-refractivity contribution in [1.29, 1.82) is 0 Å². The molecule has 0 amide bonds. The van der Waals surface area contributed by atoms with Gasteiger partial charge in [-0.2, -0.15) is 0 Å². The fourth-order valence-corrected chi connectivity index (χ4v) is 3.72. The predicted octanol–water partition coefficient (Wildman–Crippen LogP) is 4.68. The van der Waals surface area contributed by atoms with E-state index in [0.29, 0.717) is 22.1 Å². The van der Waals surface area contributed by atoms with Crippen molar-refractivity contribution in [2.45, 2.75) is 36.9 Å². The molecule has 27 heavy (non-hydrogen) atoms. The Bertz CT molecular complexity index is 1000. The van der Waals surface area contributed by atoms with E-state index in [1.165, 1.54) is 12.1 Å². The SMILES string of the molecule is C=Cn1cnc2c(N[C@@H]3C[C@H]3c3ccc(F)c(F)c3)nc(SCCC)nc21. The molecule has 140 valence electrons. The van der Waals surface area contributed by atoms with Crippen LogP contribution in [0.25, 0.3) is 17.4 Å². The first-order valence-electron chi connectivity index (χ1n) is 8.82. The highest BCUT2D eigenvalue weighted by molar-refractivity contribution is 7.99. The van der Waals surface area contributed by atoms with Crippen LogP contribution in [0.1, 0.15) is 31.2 Å². The van der Waals surface area contributed by atoms with E-state index < -0.39 is 11.6 Å². The Kier molecular flexibility index (Phi) is 4.82. The zero-order chi connectivity index (χ0) is 19.0.